The molecule has 0 aromatic heterocycles. The van der Waals surface area contributed by atoms with Crippen LogP contribution in [0.5, 0.6) is 0 Å². The maximum Gasteiger partial charge on any atom is 0.147 e. The van der Waals surface area contributed by atoms with Crippen molar-refractivity contribution in [1.82, 2.24) is 0 Å². The summed E-state index contributed by atoms with van der Waals surface area (Å²) in [6.07, 6.45) is 6.40. The zero-order chi connectivity index (χ0) is 10.9. The quantitative estimate of drug-likeness (QED) is 0.319. The topological polar surface area (TPSA) is 31.0 Å². The molecule has 1 fully saturated rings. The molecule has 90 valence electrons. The zero-order valence-corrected chi connectivity index (χ0v) is 10.0. The summed E-state index contributed by atoms with van der Waals surface area (Å²) in [4.78, 5) is 0. The summed E-state index contributed by atoms with van der Waals surface area (Å²) in [5, 5.41) is 0. The number of hydrogen-bond donors (Lipinski definition) is 0. The first-order valence-electron chi connectivity index (χ1n) is 6.19. The Morgan fingerprint density at radius 1 is 1.27 bits per heavy atom. The van der Waals surface area contributed by atoms with Gasteiger partial charge in [-0.05, 0) is 12.8 Å². The molecule has 1 aliphatic rings. The molecule has 1 heterocycles. The van der Waals surface area contributed by atoms with Gasteiger partial charge in [-0.25, -0.2) is 0 Å². The van der Waals surface area contributed by atoms with Crippen molar-refractivity contribution in [2.24, 2.45) is 0 Å². The molecule has 2 unspecified atom stereocenters. The third kappa shape index (κ3) is 6.13. The average Bonchev–Trinajstić information content (AvgIpc) is 3.06. The van der Waals surface area contributed by atoms with Gasteiger partial charge in [-0.2, -0.15) is 0 Å². The minimum Gasteiger partial charge on any atom is -0.370 e. The summed E-state index contributed by atoms with van der Waals surface area (Å²) in [7, 11) is 0. The lowest BCUT2D eigenvalue weighted by atomic mass is 10.1. The molecule has 15 heavy (non-hydrogen) atoms. The number of hydrogen-bond acceptors (Lipinski definition) is 3. The van der Waals surface area contributed by atoms with Gasteiger partial charge in [-0.3, -0.25) is 0 Å². The molecular formula is C12H24O3. The highest BCUT2D eigenvalue weighted by molar-refractivity contribution is 4.79. The fraction of sp³-hybridized carbons (Fsp3) is 1.00. The van der Waals surface area contributed by atoms with Gasteiger partial charge in [0, 0.05) is 6.61 Å². The first kappa shape index (κ1) is 12.9. The van der Waals surface area contributed by atoms with Gasteiger partial charge >= 0.3 is 0 Å². The third-order valence-corrected chi connectivity index (χ3v) is 2.62. The highest BCUT2D eigenvalue weighted by Gasteiger charge is 2.32. The molecule has 0 radical (unpaired) electrons. The Labute approximate surface area is 93.1 Å². The van der Waals surface area contributed by atoms with Gasteiger partial charge in [-0.1, -0.05) is 33.1 Å². The minimum atomic E-state index is 0.256. The van der Waals surface area contributed by atoms with Crippen molar-refractivity contribution in [3.63, 3.8) is 0 Å². The maximum absolute atomic E-state index is 5.67. The molecule has 0 aromatic carbocycles. The molecule has 0 spiro atoms. The summed E-state index contributed by atoms with van der Waals surface area (Å²) in [5.74, 6) is 0. The van der Waals surface area contributed by atoms with Crippen LogP contribution in [-0.4, -0.2) is 32.2 Å². The molecule has 0 bridgehead atoms. The molecule has 1 aliphatic heterocycles. The van der Waals surface area contributed by atoms with Crippen LogP contribution in [0.1, 0.15) is 46.0 Å². The van der Waals surface area contributed by atoms with Gasteiger partial charge in [0.05, 0.1) is 12.7 Å². The summed E-state index contributed by atoms with van der Waals surface area (Å²) >= 11 is 0. The van der Waals surface area contributed by atoms with Gasteiger partial charge in [-0.15, -0.1) is 0 Å². The highest BCUT2D eigenvalue weighted by atomic mass is 16.7. The van der Waals surface area contributed by atoms with Crippen LogP contribution < -0.4 is 0 Å². The van der Waals surface area contributed by atoms with Crippen LogP contribution in [0.15, 0.2) is 0 Å². The van der Waals surface area contributed by atoms with Crippen molar-refractivity contribution in [3.8, 4) is 0 Å². The zero-order valence-electron chi connectivity index (χ0n) is 10.0. The molecular weight excluding hydrogens is 192 g/mol. The maximum atomic E-state index is 5.67. The van der Waals surface area contributed by atoms with Gasteiger partial charge in [0.1, 0.15) is 12.9 Å². The second kappa shape index (κ2) is 8.08. The summed E-state index contributed by atoms with van der Waals surface area (Å²) in [6.45, 7) is 6.45. The average molecular weight is 216 g/mol. The van der Waals surface area contributed by atoms with E-state index in [9.17, 15) is 0 Å². The van der Waals surface area contributed by atoms with Crippen LogP contribution >= 0.6 is 0 Å². The molecule has 3 nitrogen and oxygen atoms in total. The van der Waals surface area contributed by atoms with E-state index in [1.165, 1.54) is 19.3 Å². The van der Waals surface area contributed by atoms with E-state index in [-0.39, 0.29) is 6.10 Å². The van der Waals surface area contributed by atoms with Crippen LogP contribution in [0.2, 0.25) is 0 Å². The minimum absolute atomic E-state index is 0.256. The normalized spacial score (nSPS) is 21.6. The molecule has 0 amide bonds. The molecule has 1 saturated heterocycles. The van der Waals surface area contributed by atoms with E-state index in [1.807, 2.05) is 0 Å². The fourth-order valence-electron chi connectivity index (χ4n) is 1.49. The summed E-state index contributed by atoms with van der Waals surface area (Å²) in [5.41, 5.74) is 0. The van der Waals surface area contributed by atoms with Crippen LogP contribution in [0.4, 0.5) is 0 Å². The number of ether oxygens (including phenoxy) is 3. The first-order chi connectivity index (χ1) is 7.38. The van der Waals surface area contributed by atoms with E-state index >= 15 is 0 Å². The van der Waals surface area contributed by atoms with E-state index in [1.54, 1.807) is 0 Å². The second-order valence-corrected chi connectivity index (χ2v) is 4.10. The van der Waals surface area contributed by atoms with E-state index in [0.29, 0.717) is 12.9 Å². The Balaban J connectivity index is 1.98. The Kier molecular flexibility index (Phi) is 6.98. The van der Waals surface area contributed by atoms with Gasteiger partial charge in [0.25, 0.3) is 0 Å². The van der Waals surface area contributed by atoms with Gasteiger partial charge < -0.3 is 14.2 Å². The van der Waals surface area contributed by atoms with E-state index in [0.717, 1.165) is 26.1 Å². The lowest BCUT2D eigenvalue weighted by molar-refractivity contribution is -0.0989. The lowest BCUT2D eigenvalue weighted by Gasteiger charge is -2.15. The highest BCUT2D eigenvalue weighted by Crippen LogP contribution is 2.21. The van der Waals surface area contributed by atoms with Crippen molar-refractivity contribution >= 4 is 0 Å². The Morgan fingerprint density at radius 2 is 2.00 bits per heavy atom. The van der Waals surface area contributed by atoms with E-state index in [4.69, 9.17) is 14.2 Å². The van der Waals surface area contributed by atoms with Crippen LogP contribution in [0.25, 0.3) is 0 Å². The molecule has 0 aliphatic carbocycles. The van der Waals surface area contributed by atoms with Crippen molar-refractivity contribution in [3.05, 3.63) is 0 Å². The Bertz CT molecular complexity index is 146. The molecule has 0 N–H and O–H groups in total. The predicted octanol–water partition coefficient (Wildman–Crippen LogP) is 2.73. The Morgan fingerprint density at radius 3 is 2.60 bits per heavy atom. The van der Waals surface area contributed by atoms with Crippen molar-refractivity contribution < 1.29 is 14.2 Å². The van der Waals surface area contributed by atoms with Gasteiger partial charge in [0.15, 0.2) is 0 Å². The predicted molar refractivity (Wildman–Crippen MR) is 59.9 cm³/mol. The van der Waals surface area contributed by atoms with Crippen molar-refractivity contribution in [2.45, 2.75) is 58.2 Å². The molecule has 3 heteroatoms. The Hall–Kier alpha value is -0.120. The second-order valence-electron chi connectivity index (χ2n) is 4.10. The van der Waals surface area contributed by atoms with Crippen LogP contribution in [0, 0.1) is 0 Å². The number of epoxide rings is 1. The smallest absolute Gasteiger partial charge is 0.147 e. The van der Waals surface area contributed by atoms with E-state index in [2.05, 4.69) is 13.8 Å². The monoisotopic (exact) mass is 216 g/mol. The van der Waals surface area contributed by atoms with Crippen molar-refractivity contribution in [1.29, 1.82) is 0 Å². The molecule has 2 atom stereocenters. The summed E-state index contributed by atoms with van der Waals surface area (Å²) < 4.78 is 16.3. The number of unbranched alkanes of at least 4 members (excludes halogenated alkanes) is 2. The first-order valence-corrected chi connectivity index (χ1v) is 6.19. The van der Waals surface area contributed by atoms with Gasteiger partial charge in [0.2, 0.25) is 0 Å². The van der Waals surface area contributed by atoms with Crippen LogP contribution in [0.3, 0.4) is 0 Å². The number of rotatable bonds is 10. The fourth-order valence-corrected chi connectivity index (χ4v) is 1.49. The molecule has 1 rings (SSSR count). The lowest BCUT2D eigenvalue weighted by Crippen LogP contribution is -2.21. The summed E-state index contributed by atoms with van der Waals surface area (Å²) in [6, 6.07) is 0. The van der Waals surface area contributed by atoms with E-state index < -0.39 is 0 Å². The van der Waals surface area contributed by atoms with Crippen LogP contribution in [-0.2, 0) is 14.2 Å². The largest absolute Gasteiger partial charge is 0.370 e. The molecule has 0 saturated carbocycles. The SMILES string of the molecule is CCCCOCOC(CCCC)C1CO1. The molecule has 0 aromatic rings. The standard InChI is InChI=1S/C12H24O3/c1-3-5-7-11(12-9-14-12)15-10-13-8-6-4-2/h11-12H,3-10H2,1-2H3. The third-order valence-electron chi connectivity index (χ3n) is 2.62. The van der Waals surface area contributed by atoms with Crippen molar-refractivity contribution in [2.75, 3.05) is 20.0 Å².